The van der Waals surface area contributed by atoms with Crippen LogP contribution in [0.2, 0.25) is 0 Å². The molecule has 1 amide bonds. The number of methoxy groups -OCH3 is 1. The quantitative estimate of drug-likeness (QED) is 0.528. The second kappa shape index (κ2) is 5.54. The van der Waals surface area contributed by atoms with Gasteiger partial charge in [0, 0.05) is 24.9 Å². The smallest absolute Gasteiger partial charge is 0.410 e. The molecule has 7 heteroatoms. The van der Waals surface area contributed by atoms with Crippen LogP contribution in [-0.4, -0.2) is 54.3 Å². The Morgan fingerprint density at radius 3 is 2.28 bits per heavy atom. The zero-order chi connectivity index (χ0) is 18.6. The molecule has 0 N–H and O–H groups in total. The first-order chi connectivity index (χ1) is 11.5. The van der Waals surface area contributed by atoms with Crippen molar-refractivity contribution in [3.63, 3.8) is 0 Å². The maximum absolute atomic E-state index is 12.3. The van der Waals surface area contributed by atoms with Crippen molar-refractivity contribution in [2.75, 3.05) is 20.2 Å². The number of hydrogen-bond acceptors (Lipinski definition) is 6. The third-order valence-electron chi connectivity index (χ3n) is 5.45. The molecule has 2 aliphatic carbocycles. The third kappa shape index (κ3) is 3.04. The molecular weight excluding hydrogens is 326 g/mol. The lowest BCUT2D eigenvalue weighted by molar-refractivity contribution is -0.191. The zero-order valence-electron chi connectivity index (χ0n) is 15.2. The van der Waals surface area contributed by atoms with Crippen LogP contribution in [-0.2, 0) is 23.9 Å². The maximum Gasteiger partial charge on any atom is 0.410 e. The van der Waals surface area contributed by atoms with E-state index in [0.29, 0.717) is 25.9 Å². The zero-order valence-corrected chi connectivity index (χ0v) is 15.2. The van der Waals surface area contributed by atoms with E-state index < -0.39 is 22.9 Å². The summed E-state index contributed by atoms with van der Waals surface area (Å²) in [6.45, 7) is 6.54. The summed E-state index contributed by atoms with van der Waals surface area (Å²) in [6, 6.07) is 0. The van der Waals surface area contributed by atoms with Crippen molar-refractivity contribution in [3.8, 4) is 0 Å². The molecule has 0 aromatic heterocycles. The van der Waals surface area contributed by atoms with Crippen LogP contribution in [0.1, 0.15) is 46.5 Å². The van der Waals surface area contributed by atoms with Gasteiger partial charge in [-0.25, -0.2) is 4.79 Å². The molecule has 3 aliphatic rings. The van der Waals surface area contributed by atoms with Gasteiger partial charge in [0.2, 0.25) is 0 Å². The molecule has 2 spiro atoms. The number of rotatable bonds is 1. The molecule has 2 saturated carbocycles. The van der Waals surface area contributed by atoms with Crippen molar-refractivity contribution in [1.82, 2.24) is 4.90 Å². The lowest BCUT2D eigenvalue weighted by atomic mass is 9.42. The average Bonchev–Trinajstić information content (AvgIpc) is 2.38. The fourth-order valence-corrected chi connectivity index (χ4v) is 4.91. The van der Waals surface area contributed by atoms with E-state index in [1.807, 2.05) is 20.8 Å². The van der Waals surface area contributed by atoms with Crippen molar-refractivity contribution in [3.05, 3.63) is 0 Å². The predicted octanol–water partition coefficient (Wildman–Crippen LogP) is 1.72. The van der Waals surface area contributed by atoms with Gasteiger partial charge < -0.3 is 14.4 Å². The van der Waals surface area contributed by atoms with Gasteiger partial charge >= 0.3 is 12.1 Å². The van der Waals surface area contributed by atoms with E-state index in [4.69, 9.17) is 9.47 Å². The Morgan fingerprint density at radius 2 is 1.76 bits per heavy atom. The minimum atomic E-state index is -0.851. The largest absolute Gasteiger partial charge is 0.468 e. The van der Waals surface area contributed by atoms with Gasteiger partial charge in [-0.15, -0.1) is 0 Å². The lowest BCUT2D eigenvalue weighted by Crippen LogP contribution is -2.70. The minimum Gasteiger partial charge on any atom is -0.468 e. The van der Waals surface area contributed by atoms with Gasteiger partial charge in [-0.05, 0) is 39.0 Å². The molecule has 1 atom stereocenters. The first kappa shape index (κ1) is 17.9. The minimum absolute atomic E-state index is 0.108. The number of likely N-dealkylation sites (tertiary alicyclic amines) is 1. The second-order valence-corrected chi connectivity index (χ2v) is 8.87. The summed E-state index contributed by atoms with van der Waals surface area (Å²) in [5.41, 5.74) is -1.28. The Labute approximate surface area is 147 Å². The van der Waals surface area contributed by atoms with Crippen LogP contribution >= 0.6 is 0 Å². The highest BCUT2D eigenvalue weighted by molar-refractivity contribution is 6.11. The Hall–Kier alpha value is -1.92. The number of carbonyl (C=O) groups is 4. The van der Waals surface area contributed by atoms with E-state index in [0.717, 1.165) is 0 Å². The second-order valence-electron chi connectivity index (χ2n) is 8.87. The third-order valence-corrected chi connectivity index (χ3v) is 5.45. The van der Waals surface area contributed by atoms with E-state index >= 15 is 0 Å². The Balaban J connectivity index is 1.66. The van der Waals surface area contributed by atoms with Crippen molar-refractivity contribution < 1.29 is 28.7 Å². The van der Waals surface area contributed by atoms with Crippen molar-refractivity contribution >= 4 is 23.6 Å². The Kier molecular flexibility index (Phi) is 3.96. The first-order valence-electron chi connectivity index (χ1n) is 8.59. The van der Waals surface area contributed by atoms with Crippen LogP contribution in [0, 0.1) is 16.7 Å². The molecule has 0 aromatic rings. The number of nitrogens with zero attached hydrogens (tertiary/aromatic N) is 1. The molecule has 138 valence electrons. The van der Waals surface area contributed by atoms with Crippen LogP contribution in [0.3, 0.4) is 0 Å². The fourth-order valence-electron chi connectivity index (χ4n) is 4.91. The summed E-state index contributed by atoms with van der Waals surface area (Å²) in [4.78, 5) is 50.0. The molecule has 1 aliphatic heterocycles. The van der Waals surface area contributed by atoms with Gasteiger partial charge in [0.1, 0.15) is 17.3 Å². The van der Waals surface area contributed by atoms with Gasteiger partial charge in [0.05, 0.1) is 13.5 Å². The molecule has 25 heavy (non-hydrogen) atoms. The molecule has 1 heterocycles. The molecule has 0 bridgehead atoms. The van der Waals surface area contributed by atoms with E-state index in [-0.39, 0.29) is 35.9 Å². The highest BCUT2D eigenvalue weighted by atomic mass is 16.6. The van der Waals surface area contributed by atoms with Gasteiger partial charge in [-0.3, -0.25) is 14.4 Å². The predicted molar refractivity (Wildman–Crippen MR) is 86.7 cm³/mol. The number of ketones is 2. The summed E-state index contributed by atoms with van der Waals surface area (Å²) in [5, 5.41) is 0. The van der Waals surface area contributed by atoms with Crippen LogP contribution in [0.15, 0.2) is 0 Å². The number of esters is 1. The lowest BCUT2D eigenvalue weighted by Gasteiger charge is -2.65. The van der Waals surface area contributed by atoms with Crippen LogP contribution in [0.5, 0.6) is 0 Å². The van der Waals surface area contributed by atoms with Crippen LogP contribution < -0.4 is 0 Å². The van der Waals surface area contributed by atoms with E-state index in [9.17, 15) is 19.2 Å². The van der Waals surface area contributed by atoms with Crippen molar-refractivity contribution in [1.29, 1.82) is 0 Å². The summed E-state index contributed by atoms with van der Waals surface area (Å²) in [5.74, 6) is -1.84. The molecule has 7 nitrogen and oxygen atoms in total. The summed E-state index contributed by atoms with van der Waals surface area (Å²) >= 11 is 0. The maximum atomic E-state index is 12.3. The SMILES string of the molecule is COC(=O)C1C(=O)CC(=O)CC12CC1(CN(C(=O)OC(C)(C)C)C1)C2. The summed E-state index contributed by atoms with van der Waals surface area (Å²) in [6.07, 6.45) is 0.901. The molecule has 0 aromatic carbocycles. The Bertz CT molecular complexity index is 632. The van der Waals surface area contributed by atoms with Crippen molar-refractivity contribution in [2.45, 2.75) is 52.1 Å². The topological polar surface area (TPSA) is 90.0 Å². The molecule has 3 rings (SSSR count). The van der Waals surface area contributed by atoms with Gasteiger partial charge in [-0.1, -0.05) is 0 Å². The van der Waals surface area contributed by atoms with Crippen LogP contribution in [0.4, 0.5) is 4.79 Å². The van der Waals surface area contributed by atoms with Crippen molar-refractivity contribution in [2.24, 2.45) is 16.7 Å². The number of Topliss-reactive ketones (excluding diaryl/α,β-unsaturated/α-hetero) is 2. The monoisotopic (exact) mass is 351 g/mol. The standard InChI is InChI=1S/C18H25NO6/c1-16(2,3)25-15(23)19-9-17(10-19)7-18(8-17)6-11(20)5-12(21)13(18)14(22)24-4/h13H,5-10H2,1-4H3. The number of hydrogen-bond donors (Lipinski definition) is 0. The summed E-state index contributed by atoms with van der Waals surface area (Å²) in [7, 11) is 1.27. The van der Waals surface area contributed by atoms with E-state index in [1.54, 1.807) is 4.90 Å². The molecule has 3 fully saturated rings. The molecule has 1 saturated heterocycles. The highest BCUT2D eigenvalue weighted by Crippen LogP contribution is 2.65. The number of amides is 1. The highest BCUT2D eigenvalue weighted by Gasteiger charge is 2.67. The van der Waals surface area contributed by atoms with Gasteiger partial charge in [0.25, 0.3) is 0 Å². The molecule has 0 radical (unpaired) electrons. The molecule has 1 unspecified atom stereocenters. The van der Waals surface area contributed by atoms with Crippen LogP contribution in [0.25, 0.3) is 0 Å². The average molecular weight is 351 g/mol. The number of ether oxygens (including phenoxy) is 2. The first-order valence-corrected chi connectivity index (χ1v) is 8.59. The fraction of sp³-hybridized carbons (Fsp3) is 0.778. The Morgan fingerprint density at radius 1 is 1.16 bits per heavy atom. The van der Waals surface area contributed by atoms with Gasteiger partial charge in [-0.2, -0.15) is 0 Å². The summed E-state index contributed by atoms with van der Waals surface area (Å²) < 4.78 is 10.2. The van der Waals surface area contributed by atoms with Gasteiger partial charge in [0.15, 0.2) is 5.78 Å². The van der Waals surface area contributed by atoms with E-state index in [1.165, 1.54) is 7.11 Å². The molecular formula is C18H25NO6. The number of carbonyl (C=O) groups excluding carboxylic acids is 4. The normalized spacial score (nSPS) is 26.9. The van der Waals surface area contributed by atoms with E-state index in [2.05, 4.69) is 0 Å².